The third kappa shape index (κ3) is 4.30. The number of hydrogen-bond acceptors (Lipinski definition) is 5. The molecule has 2 aromatic rings. The van der Waals surface area contributed by atoms with E-state index < -0.39 is 18.0 Å². The second-order valence-corrected chi connectivity index (χ2v) is 7.48. The fraction of sp³-hybridized carbons (Fsp3) is 0.350. The fourth-order valence-corrected chi connectivity index (χ4v) is 4.05. The van der Waals surface area contributed by atoms with E-state index >= 15 is 0 Å². The molecule has 3 rings (SSSR count). The topological polar surface area (TPSA) is 79.2 Å². The number of aryl methyl sites for hydroxylation is 2. The molecule has 1 amide bonds. The van der Waals surface area contributed by atoms with Crippen molar-refractivity contribution < 1.29 is 14.3 Å². The van der Waals surface area contributed by atoms with E-state index in [2.05, 4.69) is 5.32 Å². The summed E-state index contributed by atoms with van der Waals surface area (Å²) in [6, 6.07) is 10.4. The molecular weight excluding hydrogens is 348 g/mol. The first-order valence-electron chi connectivity index (χ1n) is 8.70. The zero-order chi connectivity index (χ0) is 18.5. The summed E-state index contributed by atoms with van der Waals surface area (Å²) in [5.74, 6) is -0.855. The lowest BCUT2D eigenvalue weighted by molar-refractivity contribution is -0.123. The average molecular weight is 368 g/mol. The van der Waals surface area contributed by atoms with Gasteiger partial charge in [0.05, 0.1) is 11.6 Å². The zero-order valence-corrected chi connectivity index (χ0v) is 15.4. The molecule has 1 aliphatic rings. The minimum atomic E-state index is -0.903. The highest BCUT2D eigenvalue weighted by molar-refractivity contribution is 7.14. The van der Waals surface area contributed by atoms with Crippen molar-refractivity contribution >= 4 is 28.9 Å². The third-order valence-electron chi connectivity index (χ3n) is 4.38. The van der Waals surface area contributed by atoms with Crippen LogP contribution < -0.4 is 5.32 Å². The van der Waals surface area contributed by atoms with E-state index in [0.717, 1.165) is 25.7 Å². The first kappa shape index (κ1) is 18.2. The lowest BCUT2D eigenvalue weighted by Gasteiger charge is -2.13. The molecule has 134 valence electrons. The van der Waals surface area contributed by atoms with Gasteiger partial charge in [0.25, 0.3) is 5.91 Å². The van der Waals surface area contributed by atoms with Gasteiger partial charge < -0.3 is 10.1 Å². The molecule has 26 heavy (non-hydrogen) atoms. The van der Waals surface area contributed by atoms with Gasteiger partial charge in [0, 0.05) is 10.6 Å². The molecule has 0 saturated carbocycles. The summed E-state index contributed by atoms with van der Waals surface area (Å²) < 4.78 is 5.33. The Hall–Kier alpha value is -2.65. The SMILES string of the molecule is C[C@@H](OC(=O)c1cc2c(s1)CCCCC2)C(=O)Nc1ccc(C#N)cc1. The summed E-state index contributed by atoms with van der Waals surface area (Å²) in [5.41, 5.74) is 2.31. The molecule has 1 aromatic carbocycles. The summed E-state index contributed by atoms with van der Waals surface area (Å²) >= 11 is 1.48. The first-order valence-corrected chi connectivity index (χ1v) is 9.52. The number of carbonyl (C=O) groups is 2. The number of nitriles is 1. The fourth-order valence-electron chi connectivity index (χ4n) is 2.91. The van der Waals surface area contributed by atoms with Crippen molar-refractivity contribution in [2.75, 3.05) is 5.32 Å². The number of carbonyl (C=O) groups excluding carboxylic acids is 2. The molecule has 6 heteroatoms. The predicted octanol–water partition coefficient (Wildman–Crippen LogP) is 4.07. The number of ether oxygens (including phenoxy) is 1. The molecular formula is C20H20N2O3S. The summed E-state index contributed by atoms with van der Waals surface area (Å²) in [5, 5.41) is 11.5. The highest BCUT2D eigenvalue weighted by Crippen LogP contribution is 2.29. The Morgan fingerprint density at radius 2 is 1.92 bits per heavy atom. The van der Waals surface area contributed by atoms with Crippen LogP contribution in [0, 0.1) is 11.3 Å². The van der Waals surface area contributed by atoms with E-state index in [1.54, 1.807) is 31.2 Å². The Labute approximate surface area is 156 Å². The van der Waals surface area contributed by atoms with Crippen LogP contribution in [0.4, 0.5) is 5.69 Å². The van der Waals surface area contributed by atoms with Gasteiger partial charge in [-0.05, 0) is 68.5 Å². The van der Waals surface area contributed by atoms with Gasteiger partial charge >= 0.3 is 5.97 Å². The van der Waals surface area contributed by atoms with E-state index in [9.17, 15) is 9.59 Å². The molecule has 0 fully saturated rings. The van der Waals surface area contributed by atoms with Gasteiger partial charge in [-0.25, -0.2) is 4.79 Å². The standard InChI is InChI=1S/C20H20N2O3S/c1-13(19(23)22-16-9-7-14(12-21)8-10-16)25-20(24)18-11-15-5-3-2-4-6-17(15)26-18/h7-11,13H,2-6H2,1H3,(H,22,23)/t13-/m1/s1. The summed E-state index contributed by atoms with van der Waals surface area (Å²) in [4.78, 5) is 26.4. The average Bonchev–Trinajstić information content (AvgIpc) is 2.93. The molecule has 1 atom stereocenters. The second-order valence-electron chi connectivity index (χ2n) is 6.35. The highest BCUT2D eigenvalue weighted by Gasteiger charge is 2.22. The monoisotopic (exact) mass is 368 g/mol. The molecule has 1 N–H and O–H groups in total. The number of amides is 1. The molecule has 0 saturated heterocycles. The van der Waals surface area contributed by atoms with Crippen molar-refractivity contribution in [1.82, 2.24) is 0 Å². The van der Waals surface area contributed by atoms with Crippen LogP contribution in [0.2, 0.25) is 0 Å². The first-order chi connectivity index (χ1) is 12.6. The molecule has 5 nitrogen and oxygen atoms in total. The van der Waals surface area contributed by atoms with Crippen molar-refractivity contribution in [1.29, 1.82) is 5.26 Å². The van der Waals surface area contributed by atoms with Gasteiger partial charge in [-0.3, -0.25) is 4.79 Å². The summed E-state index contributed by atoms with van der Waals surface area (Å²) in [6.07, 6.45) is 4.66. The third-order valence-corrected chi connectivity index (χ3v) is 5.60. The molecule has 1 aliphatic carbocycles. The number of nitrogens with one attached hydrogen (secondary N) is 1. The van der Waals surface area contributed by atoms with Crippen LogP contribution in [0.3, 0.4) is 0 Å². The maximum Gasteiger partial charge on any atom is 0.349 e. The van der Waals surface area contributed by atoms with Crippen LogP contribution in [0.15, 0.2) is 30.3 Å². The van der Waals surface area contributed by atoms with Crippen molar-refractivity contribution in [3.63, 3.8) is 0 Å². The van der Waals surface area contributed by atoms with E-state index in [1.807, 2.05) is 12.1 Å². The van der Waals surface area contributed by atoms with Crippen molar-refractivity contribution in [3.05, 3.63) is 51.2 Å². The number of hydrogen-bond donors (Lipinski definition) is 1. The number of nitrogens with zero attached hydrogens (tertiary/aromatic N) is 1. The van der Waals surface area contributed by atoms with Crippen molar-refractivity contribution in [2.45, 2.75) is 45.1 Å². The van der Waals surface area contributed by atoms with Crippen LogP contribution in [-0.2, 0) is 22.4 Å². The molecule has 1 heterocycles. The van der Waals surface area contributed by atoms with E-state index in [0.29, 0.717) is 16.1 Å². The van der Waals surface area contributed by atoms with Crippen LogP contribution in [0.5, 0.6) is 0 Å². The van der Waals surface area contributed by atoms with Crippen molar-refractivity contribution in [3.8, 4) is 6.07 Å². The Morgan fingerprint density at radius 3 is 2.65 bits per heavy atom. The molecule has 0 spiro atoms. The van der Waals surface area contributed by atoms with Gasteiger partial charge in [-0.15, -0.1) is 11.3 Å². The molecule has 0 radical (unpaired) electrons. The van der Waals surface area contributed by atoms with Gasteiger partial charge in [-0.2, -0.15) is 5.26 Å². The van der Waals surface area contributed by atoms with Gasteiger partial charge in [0.1, 0.15) is 4.88 Å². The van der Waals surface area contributed by atoms with Crippen LogP contribution >= 0.6 is 11.3 Å². The predicted molar refractivity (Wildman–Crippen MR) is 100 cm³/mol. The number of benzene rings is 1. The minimum Gasteiger partial charge on any atom is -0.448 e. The van der Waals surface area contributed by atoms with Gasteiger partial charge in [-0.1, -0.05) is 6.42 Å². The molecule has 0 aliphatic heterocycles. The lowest BCUT2D eigenvalue weighted by Crippen LogP contribution is -2.29. The number of thiophene rings is 1. The van der Waals surface area contributed by atoms with E-state index in [-0.39, 0.29) is 0 Å². The quantitative estimate of drug-likeness (QED) is 0.652. The molecule has 0 unspecified atom stereocenters. The molecule has 1 aromatic heterocycles. The van der Waals surface area contributed by atoms with Crippen LogP contribution in [0.25, 0.3) is 0 Å². The second kappa shape index (κ2) is 8.15. The number of anilines is 1. The van der Waals surface area contributed by atoms with Gasteiger partial charge in [0.2, 0.25) is 0 Å². The largest absolute Gasteiger partial charge is 0.448 e. The minimum absolute atomic E-state index is 0.402. The Morgan fingerprint density at radius 1 is 1.19 bits per heavy atom. The zero-order valence-electron chi connectivity index (χ0n) is 14.6. The van der Waals surface area contributed by atoms with Crippen molar-refractivity contribution in [2.24, 2.45) is 0 Å². The number of esters is 1. The summed E-state index contributed by atoms with van der Waals surface area (Å²) in [7, 11) is 0. The normalized spacial score (nSPS) is 14.5. The van der Waals surface area contributed by atoms with Crippen LogP contribution in [-0.4, -0.2) is 18.0 Å². The Bertz CT molecular complexity index is 825. The van der Waals surface area contributed by atoms with E-state index in [1.165, 1.54) is 28.2 Å². The maximum atomic E-state index is 12.4. The maximum absolute atomic E-state index is 12.4. The van der Waals surface area contributed by atoms with E-state index in [4.69, 9.17) is 10.00 Å². The highest BCUT2D eigenvalue weighted by atomic mass is 32.1. The smallest absolute Gasteiger partial charge is 0.349 e. The Balaban J connectivity index is 1.59. The van der Waals surface area contributed by atoms with Gasteiger partial charge in [0.15, 0.2) is 6.10 Å². The Kier molecular flexibility index (Phi) is 5.69. The number of fused-ring (bicyclic) bond motifs is 1. The van der Waals surface area contributed by atoms with Crippen LogP contribution in [0.1, 0.15) is 51.9 Å². The lowest BCUT2D eigenvalue weighted by atomic mass is 10.1. The summed E-state index contributed by atoms with van der Waals surface area (Å²) in [6.45, 7) is 1.55. The number of rotatable bonds is 4. The molecule has 0 bridgehead atoms.